The Morgan fingerprint density at radius 2 is 1.80 bits per heavy atom. The van der Waals surface area contributed by atoms with Crippen molar-refractivity contribution in [1.29, 1.82) is 0 Å². The molecule has 8 nitrogen and oxygen atoms in total. The lowest BCUT2D eigenvalue weighted by Gasteiger charge is -2.25. The molecule has 8 heteroatoms. The van der Waals surface area contributed by atoms with E-state index in [-0.39, 0.29) is 12.1 Å². The summed E-state index contributed by atoms with van der Waals surface area (Å²) in [7, 11) is 3.30. The van der Waals surface area contributed by atoms with Gasteiger partial charge in [0, 0.05) is 6.20 Å². The van der Waals surface area contributed by atoms with Gasteiger partial charge >= 0.3 is 0 Å². The first-order valence-electron chi connectivity index (χ1n) is 9.84. The number of nitrogens with one attached hydrogen (secondary N) is 3. The SMILES string of the molecule is COc1cc(CC2=CNC(NN)=NC2NN)c(C(C)Cc2ccccc2)cc1OC. The van der Waals surface area contributed by atoms with E-state index in [9.17, 15) is 0 Å². The summed E-state index contributed by atoms with van der Waals surface area (Å²) in [6.07, 6.45) is 3.04. The third-order valence-corrected chi connectivity index (χ3v) is 5.25. The largest absolute Gasteiger partial charge is 0.493 e. The highest BCUT2D eigenvalue weighted by atomic mass is 16.5. The number of ether oxygens (including phenoxy) is 2. The summed E-state index contributed by atoms with van der Waals surface area (Å²) >= 11 is 0. The van der Waals surface area contributed by atoms with Gasteiger partial charge in [0.15, 0.2) is 11.5 Å². The van der Waals surface area contributed by atoms with Crippen LogP contribution >= 0.6 is 0 Å². The fraction of sp³-hybridized carbons (Fsp3) is 0.318. The molecule has 0 aliphatic carbocycles. The maximum absolute atomic E-state index is 5.73. The second-order valence-electron chi connectivity index (χ2n) is 7.23. The van der Waals surface area contributed by atoms with Crippen LogP contribution in [0, 0.1) is 0 Å². The van der Waals surface area contributed by atoms with Crippen molar-refractivity contribution in [3.63, 3.8) is 0 Å². The molecule has 0 saturated carbocycles. The molecule has 160 valence electrons. The van der Waals surface area contributed by atoms with E-state index >= 15 is 0 Å². The Morgan fingerprint density at radius 3 is 2.43 bits per heavy atom. The Labute approximate surface area is 177 Å². The van der Waals surface area contributed by atoms with Crippen molar-refractivity contribution in [3.8, 4) is 11.5 Å². The minimum Gasteiger partial charge on any atom is -0.493 e. The molecule has 1 aliphatic rings. The number of hydrogen-bond donors (Lipinski definition) is 5. The molecule has 2 aromatic carbocycles. The predicted octanol–water partition coefficient (Wildman–Crippen LogP) is 1.69. The van der Waals surface area contributed by atoms with Crippen LogP contribution in [0.4, 0.5) is 0 Å². The van der Waals surface area contributed by atoms with E-state index in [4.69, 9.17) is 21.2 Å². The molecular formula is C22H30N6O2. The molecule has 0 fully saturated rings. The number of hydrazine groups is 2. The second kappa shape index (κ2) is 10.1. The first-order chi connectivity index (χ1) is 14.6. The minimum atomic E-state index is -0.386. The number of rotatable bonds is 8. The van der Waals surface area contributed by atoms with E-state index < -0.39 is 0 Å². The fourth-order valence-electron chi connectivity index (χ4n) is 3.71. The molecule has 0 radical (unpaired) electrons. The highest BCUT2D eigenvalue weighted by molar-refractivity contribution is 5.81. The van der Waals surface area contributed by atoms with Crippen molar-refractivity contribution in [2.24, 2.45) is 16.7 Å². The zero-order valence-corrected chi connectivity index (χ0v) is 17.6. The van der Waals surface area contributed by atoms with Crippen molar-refractivity contribution < 1.29 is 9.47 Å². The number of methoxy groups -OCH3 is 2. The van der Waals surface area contributed by atoms with Crippen LogP contribution in [0.2, 0.25) is 0 Å². The highest BCUT2D eigenvalue weighted by Gasteiger charge is 2.22. The molecule has 0 spiro atoms. The summed E-state index contributed by atoms with van der Waals surface area (Å²) in [6, 6.07) is 14.6. The van der Waals surface area contributed by atoms with Crippen LogP contribution in [0.15, 0.2) is 59.2 Å². The summed E-state index contributed by atoms with van der Waals surface area (Å²) in [6.45, 7) is 2.22. The van der Waals surface area contributed by atoms with Gasteiger partial charge < -0.3 is 14.8 Å². The van der Waals surface area contributed by atoms with Crippen LogP contribution in [0.1, 0.15) is 29.5 Å². The molecule has 0 aromatic heterocycles. The first kappa shape index (κ1) is 21.6. The molecule has 2 atom stereocenters. The number of aliphatic imine (C=N–C) groups is 1. The van der Waals surface area contributed by atoms with Crippen LogP contribution in [-0.2, 0) is 12.8 Å². The molecule has 1 heterocycles. The Bertz CT molecular complexity index is 913. The topological polar surface area (TPSA) is 119 Å². The second-order valence-corrected chi connectivity index (χ2v) is 7.23. The first-order valence-corrected chi connectivity index (χ1v) is 9.84. The number of benzene rings is 2. The molecule has 30 heavy (non-hydrogen) atoms. The van der Waals surface area contributed by atoms with Crippen molar-refractivity contribution in [1.82, 2.24) is 16.2 Å². The molecule has 3 rings (SSSR count). The summed E-state index contributed by atoms with van der Waals surface area (Å²) in [5, 5.41) is 3.04. The number of nitrogens with two attached hydrogens (primary N) is 2. The third-order valence-electron chi connectivity index (χ3n) is 5.25. The van der Waals surface area contributed by atoms with E-state index in [1.807, 2.05) is 18.3 Å². The van der Waals surface area contributed by atoms with Crippen LogP contribution in [0.25, 0.3) is 0 Å². The Balaban J connectivity index is 1.94. The van der Waals surface area contributed by atoms with Gasteiger partial charge in [-0.2, -0.15) is 0 Å². The Morgan fingerprint density at radius 1 is 1.10 bits per heavy atom. The van der Waals surface area contributed by atoms with Gasteiger partial charge in [-0.25, -0.2) is 16.3 Å². The molecule has 7 N–H and O–H groups in total. The average Bonchev–Trinajstić information content (AvgIpc) is 2.79. The van der Waals surface area contributed by atoms with Gasteiger partial charge in [-0.05, 0) is 53.2 Å². The molecule has 0 saturated heterocycles. The highest BCUT2D eigenvalue weighted by Crippen LogP contribution is 2.36. The third kappa shape index (κ3) is 4.91. The maximum Gasteiger partial charge on any atom is 0.211 e. The molecule has 0 amide bonds. The van der Waals surface area contributed by atoms with Crippen LogP contribution in [-0.4, -0.2) is 26.3 Å². The van der Waals surface area contributed by atoms with Crippen LogP contribution < -0.4 is 37.3 Å². The fourth-order valence-corrected chi connectivity index (χ4v) is 3.71. The van der Waals surface area contributed by atoms with Crippen LogP contribution in [0.5, 0.6) is 11.5 Å². The summed E-state index contributed by atoms with van der Waals surface area (Å²) in [5.41, 5.74) is 9.83. The molecular weight excluding hydrogens is 380 g/mol. The van der Waals surface area contributed by atoms with Crippen molar-refractivity contribution >= 4 is 5.96 Å². The number of hydrogen-bond acceptors (Lipinski definition) is 8. The zero-order chi connectivity index (χ0) is 21.5. The maximum atomic E-state index is 5.73. The summed E-state index contributed by atoms with van der Waals surface area (Å²) in [5.74, 6) is 13.3. The van der Waals surface area contributed by atoms with E-state index in [0.717, 1.165) is 17.6 Å². The van der Waals surface area contributed by atoms with Gasteiger partial charge in [0.25, 0.3) is 0 Å². The number of guanidine groups is 1. The molecule has 2 aromatic rings. The van der Waals surface area contributed by atoms with E-state index in [1.165, 1.54) is 11.1 Å². The summed E-state index contributed by atoms with van der Waals surface area (Å²) < 4.78 is 11.1. The van der Waals surface area contributed by atoms with Gasteiger partial charge in [0.2, 0.25) is 5.96 Å². The molecule has 1 aliphatic heterocycles. The van der Waals surface area contributed by atoms with E-state index in [1.54, 1.807) is 14.2 Å². The zero-order valence-electron chi connectivity index (χ0n) is 17.6. The lowest BCUT2D eigenvalue weighted by Crippen LogP contribution is -2.47. The van der Waals surface area contributed by atoms with Gasteiger partial charge in [-0.3, -0.25) is 11.3 Å². The standard InChI is InChI=1S/C22H30N6O2/c1-14(9-15-7-5-4-6-8-15)18-12-20(30-3)19(29-2)11-16(18)10-17-13-25-22(28-24)26-21(17)27-23/h4-8,11-14,21,27H,9-10,23-24H2,1-3H3,(H2,25,26,28). The van der Waals surface area contributed by atoms with Crippen molar-refractivity contribution in [2.45, 2.75) is 31.8 Å². The van der Waals surface area contributed by atoms with E-state index in [0.29, 0.717) is 23.9 Å². The Kier molecular flexibility index (Phi) is 7.29. The average molecular weight is 411 g/mol. The lowest BCUT2D eigenvalue weighted by molar-refractivity contribution is 0.353. The molecule has 2 unspecified atom stereocenters. The normalized spacial score (nSPS) is 16.8. The minimum absolute atomic E-state index is 0.272. The smallest absolute Gasteiger partial charge is 0.211 e. The van der Waals surface area contributed by atoms with E-state index in [2.05, 4.69) is 58.4 Å². The van der Waals surface area contributed by atoms with Gasteiger partial charge in [0.05, 0.1) is 14.2 Å². The van der Waals surface area contributed by atoms with Crippen molar-refractivity contribution in [2.75, 3.05) is 14.2 Å². The Hall–Kier alpha value is -3.07. The predicted molar refractivity (Wildman–Crippen MR) is 119 cm³/mol. The lowest BCUT2D eigenvalue weighted by atomic mass is 9.87. The molecule has 0 bridgehead atoms. The van der Waals surface area contributed by atoms with Gasteiger partial charge in [0.1, 0.15) is 6.17 Å². The quantitative estimate of drug-likeness (QED) is 0.332. The van der Waals surface area contributed by atoms with Gasteiger partial charge in [-0.1, -0.05) is 37.3 Å². The van der Waals surface area contributed by atoms with Crippen LogP contribution in [0.3, 0.4) is 0 Å². The van der Waals surface area contributed by atoms with Crippen molar-refractivity contribution in [3.05, 3.63) is 70.9 Å². The monoisotopic (exact) mass is 410 g/mol. The van der Waals surface area contributed by atoms with Gasteiger partial charge in [-0.15, -0.1) is 0 Å². The summed E-state index contributed by atoms with van der Waals surface area (Å²) in [4.78, 5) is 4.42. The number of nitrogens with zero attached hydrogens (tertiary/aromatic N) is 1.